The van der Waals surface area contributed by atoms with Gasteiger partial charge in [-0.15, -0.1) is 0 Å². The van der Waals surface area contributed by atoms with Crippen LogP contribution in [0.3, 0.4) is 0 Å². The fourth-order valence-corrected chi connectivity index (χ4v) is 2.90. The lowest BCUT2D eigenvalue weighted by Crippen LogP contribution is -2.21. The highest BCUT2D eigenvalue weighted by Crippen LogP contribution is 2.57. The fourth-order valence-electron chi connectivity index (χ4n) is 2.90. The van der Waals surface area contributed by atoms with Gasteiger partial charge in [-0.05, 0) is 42.6 Å². The van der Waals surface area contributed by atoms with Crippen LogP contribution in [-0.2, 0) is 9.47 Å². The highest BCUT2D eigenvalue weighted by Gasteiger charge is 2.54. The first-order valence-corrected chi connectivity index (χ1v) is 6.43. The highest BCUT2D eigenvalue weighted by atomic mass is 16.7. The van der Waals surface area contributed by atoms with Gasteiger partial charge in [0.05, 0.1) is 13.2 Å². The molecule has 1 saturated carbocycles. The number of rotatable bonds is 2. The second-order valence-electron chi connectivity index (χ2n) is 5.30. The van der Waals surface area contributed by atoms with E-state index in [1.165, 1.54) is 18.4 Å². The second kappa shape index (κ2) is 4.01. The zero-order valence-electron chi connectivity index (χ0n) is 9.95. The molecule has 2 nitrogen and oxygen atoms in total. The Kier molecular flexibility index (Phi) is 2.64. The van der Waals surface area contributed by atoms with Gasteiger partial charge < -0.3 is 9.47 Å². The minimum absolute atomic E-state index is 0.0684. The molecule has 88 valence electrons. The van der Waals surface area contributed by atoms with Gasteiger partial charge in [0, 0.05) is 0 Å². The maximum atomic E-state index is 5.97. The predicted molar refractivity (Wildman–Crippen MR) is 63.0 cm³/mol. The molecular weight excluding hydrogens is 200 g/mol. The molecule has 0 radical (unpaired) electrons. The molecule has 3 unspecified atom stereocenters. The summed E-state index contributed by atoms with van der Waals surface area (Å²) < 4.78 is 11.9. The van der Waals surface area contributed by atoms with Crippen LogP contribution in [0.2, 0.25) is 0 Å². The van der Waals surface area contributed by atoms with E-state index in [4.69, 9.17) is 9.47 Å². The lowest BCUT2D eigenvalue weighted by Gasteiger charge is -2.21. The van der Waals surface area contributed by atoms with Gasteiger partial charge in [-0.25, -0.2) is 0 Å². The van der Waals surface area contributed by atoms with Crippen molar-refractivity contribution in [1.82, 2.24) is 0 Å². The molecule has 0 spiro atoms. The summed E-state index contributed by atoms with van der Waals surface area (Å²) in [4.78, 5) is 0. The van der Waals surface area contributed by atoms with Crippen LogP contribution in [0.25, 0.3) is 0 Å². The Morgan fingerprint density at radius 1 is 1.44 bits per heavy atom. The van der Waals surface area contributed by atoms with Gasteiger partial charge in [-0.3, -0.25) is 0 Å². The van der Waals surface area contributed by atoms with Crippen molar-refractivity contribution in [2.75, 3.05) is 13.2 Å². The third kappa shape index (κ3) is 1.74. The van der Waals surface area contributed by atoms with Crippen molar-refractivity contribution in [1.29, 1.82) is 0 Å². The quantitative estimate of drug-likeness (QED) is 0.712. The summed E-state index contributed by atoms with van der Waals surface area (Å²) in [5.41, 5.74) is 1.77. The Hall–Kier alpha value is -0.600. The summed E-state index contributed by atoms with van der Waals surface area (Å²) in [6.45, 7) is 4.05. The van der Waals surface area contributed by atoms with Crippen LogP contribution in [0, 0.1) is 11.3 Å². The maximum absolute atomic E-state index is 5.97. The predicted octanol–water partition coefficient (Wildman–Crippen LogP) is 3.05. The van der Waals surface area contributed by atoms with E-state index in [9.17, 15) is 0 Å². The third-order valence-electron chi connectivity index (χ3n) is 4.38. The van der Waals surface area contributed by atoms with Crippen molar-refractivity contribution in [2.24, 2.45) is 11.3 Å². The van der Waals surface area contributed by atoms with Crippen LogP contribution >= 0.6 is 0 Å². The van der Waals surface area contributed by atoms with Crippen LogP contribution in [0.15, 0.2) is 23.8 Å². The summed E-state index contributed by atoms with van der Waals surface area (Å²) in [5.74, 6) is 0.752. The second-order valence-corrected chi connectivity index (χ2v) is 5.30. The largest absolute Gasteiger partial charge is 0.348 e. The van der Waals surface area contributed by atoms with Gasteiger partial charge in [0.1, 0.15) is 0 Å². The molecule has 3 atom stereocenters. The van der Waals surface area contributed by atoms with E-state index in [0.29, 0.717) is 5.41 Å². The molecule has 0 aromatic heterocycles. The summed E-state index contributed by atoms with van der Waals surface area (Å²) >= 11 is 0. The number of allylic oxidation sites excluding steroid dienone is 3. The number of hydrogen-bond acceptors (Lipinski definition) is 2. The van der Waals surface area contributed by atoms with Crippen molar-refractivity contribution in [3.05, 3.63) is 23.8 Å². The molecule has 16 heavy (non-hydrogen) atoms. The van der Waals surface area contributed by atoms with Crippen LogP contribution in [-0.4, -0.2) is 19.5 Å². The van der Waals surface area contributed by atoms with Gasteiger partial charge in [-0.2, -0.15) is 0 Å². The molecule has 2 fully saturated rings. The maximum Gasteiger partial charge on any atom is 0.180 e. The minimum atomic E-state index is -0.0684. The molecule has 3 rings (SSSR count). The summed E-state index contributed by atoms with van der Waals surface area (Å²) in [7, 11) is 0. The minimum Gasteiger partial charge on any atom is -0.348 e. The number of hydrogen-bond donors (Lipinski definition) is 0. The molecule has 0 aromatic carbocycles. The van der Waals surface area contributed by atoms with Crippen molar-refractivity contribution < 1.29 is 9.47 Å². The van der Waals surface area contributed by atoms with Gasteiger partial charge in [-0.1, -0.05) is 25.2 Å². The molecule has 0 bridgehead atoms. The Morgan fingerprint density at radius 3 is 3.12 bits per heavy atom. The van der Waals surface area contributed by atoms with E-state index < -0.39 is 0 Å². The van der Waals surface area contributed by atoms with Crippen LogP contribution in [0.5, 0.6) is 0 Å². The van der Waals surface area contributed by atoms with Crippen molar-refractivity contribution in [3.63, 3.8) is 0 Å². The SMILES string of the molecule is CCC12COC(C3=CC=CCC3)OCC1C2. The van der Waals surface area contributed by atoms with Gasteiger partial charge in [0.25, 0.3) is 0 Å². The number of ether oxygens (including phenoxy) is 2. The molecule has 2 heteroatoms. The molecule has 3 aliphatic rings. The molecule has 2 aliphatic carbocycles. The topological polar surface area (TPSA) is 18.5 Å². The molecule has 0 aromatic rings. The summed E-state index contributed by atoms with van der Waals surface area (Å²) in [6, 6.07) is 0. The number of fused-ring (bicyclic) bond motifs is 1. The fraction of sp³-hybridized carbons (Fsp3) is 0.714. The highest BCUT2D eigenvalue weighted by molar-refractivity contribution is 5.20. The third-order valence-corrected chi connectivity index (χ3v) is 4.38. The average molecular weight is 220 g/mol. The van der Waals surface area contributed by atoms with Crippen molar-refractivity contribution in [3.8, 4) is 0 Å². The first-order valence-electron chi connectivity index (χ1n) is 6.43. The molecule has 0 N–H and O–H groups in total. The van der Waals surface area contributed by atoms with E-state index in [0.717, 1.165) is 32.0 Å². The average Bonchev–Trinajstić information content (AvgIpc) is 3.04. The Balaban J connectivity index is 1.67. The first-order chi connectivity index (χ1) is 7.84. The van der Waals surface area contributed by atoms with E-state index in [1.807, 2.05) is 0 Å². The molecular formula is C14H20O2. The molecule has 0 amide bonds. The molecule has 1 aliphatic heterocycles. The molecule has 1 heterocycles. The van der Waals surface area contributed by atoms with Crippen molar-refractivity contribution >= 4 is 0 Å². The molecule has 1 saturated heterocycles. The standard InChI is InChI=1S/C14H20O2/c1-2-14-8-12(14)9-15-13(16-10-14)11-6-4-3-5-7-11/h3-4,6,12-13H,2,5,7-10H2,1H3. The Labute approximate surface area is 97.3 Å². The lowest BCUT2D eigenvalue weighted by molar-refractivity contribution is -0.114. The lowest BCUT2D eigenvalue weighted by atomic mass is 10.0. The first kappa shape index (κ1) is 10.5. The van der Waals surface area contributed by atoms with Crippen LogP contribution in [0.1, 0.15) is 32.6 Å². The smallest absolute Gasteiger partial charge is 0.180 e. The summed E-state index contributed by atoms with van der Waals surface area (Å²) in [5, 5.41) is 0. The zero-order valence-corrected chi connectivity index (χ0v) is 9.95. The Morgan fingerprint density at radius 2 is 2.38 bits per heavy atom. The van der Waals surface area contributed by atoms with E-state index in [2.05, 4.69) is 25.2 Å². The Bertz CT molecular complexity index is 332. The van der Waals surface area contributed by atoms with Crippen LogP contribution < -0.4 is 0 Å². The summed E-state index contributed by atoms with van der Waals surface area (Å²) in [6.07, 6.45) is 11.1. The van der Waals surface area contributed by atoms with Gasteiger partial charge >= 0.3 is 0 Å². The van der Waals surface area contributed by atoms with E-state index in [-0.39, 0.29) is 6.29 Å². The normalized spacial score (nSPS) is 42.2. The van der Waals surface area contributed by atoms with Crippen molar-refractivity contribution in [2.45, 2.75) is 38.9 Å². The zero-order chi connectivity index (χ0) is 11.0. The van der Waals surface area contributed by atoms with Gasteiger partial charge in [0.2, 0.25) is 0 Å². The van der Waals surface area contributed by atoms with E-state index in [1.54, 1.807) is 0 Å². The van der Waals surface area contributed by atoms with E-state index >= 15 is 0 Å². The van der Waals surface area contributed by atoms with Gasteiger partial charge in [0.15, 0.2) is 6.29 Å². The van der Waals surface area contributed by atoms with Crippen LogP contribution in [0.4, 0.5) is 0 Å². The monoisotopic (exact) mass is 220 g/mol.